The first kappa shape index (κ1) is 7.72. The van der Waals surface area contributed by atoms with Crippen LogP contribution in [0, 0.1) is 12.3 Å². The summed E-state index contributed by atoms with van der Waals surface area (Å²) in [7, 11) is 0. The van der Waals surface area contributed by atoms with Crippen LogP contribution in [0.25, 0.3) is 5.65 Å². The Hall–Kier alpha value is -1.91. The van der Waals surface area contributed by atoms with Crippen LogP contribution in [0.4, 0.5) is 0 Å². The predicted molar refractivity (Wildman–Crippen MR) is 48.7 cm³/mol. The Labute approximate surface area is 74.7 Å². The van der Waals surface area contributed by atoms with Crippen molar-refractivity contribution in [3.8, 4) is 0 Å². The summed E-state index contributed by atoms with van der Waals surface area (Å²) in [5.41, 5.74) is 6.75. The maximum Gasteiger partial charge on any atom is 0.161 e. The zero-order valence-corrected chi connectivity index (χ0v) is 7.15. The van der Waals surface area contributed by atoms with Gasteiger partial charge in [0.15, 0.2) is 5.65 Å². The smallest absolute Gasteiger partial charge is 0.161 e. The van der Waals surface area contributed by atoms with E-state index in [0.717, 1.165) is 5.82 Å². The van der Waals surface area contributed by atoms with Crippen molar-refractivity contribution in [3.05, 3.63) is 29.7 Å². The van der Waals surface area contributed by atoms with Gasteiger partial charge in [-0.3, -0.25) is 9.81 Å². The summed E-state index contributed by atoms with van der Waals surface area (Å²) in [4.78, 5) is 0. The molecule has 0 aromatic carbocycles. The Morgan fingerprint density at radius 1 is 1.46 bits per heavy atom. The molecule has 5 nitrogen and oxygen atoms in total. The molecule has 0 saturated heterocycles. The molecule has 2 aromatic rings. The van der Waals surface area contributed by atoms with E-state index in [2.05, 4.69) is 10.2 Å². The summed E-state index contributed by atoms with van der Waals surface area (Å²) in [6.07, 6.45) is 0. The molecule has 0 fully saturated rings. The number of nitrogen functional groups attached to an aromatic ring is 1. The fourth-order valence-electron chi connectivity index (χ4n) is 1.29. The lowest BCUT2D eigenvalue weighted by Gasteiger charge is -2.02. The first-order valence-electron chi connectivity index (χ1n) is 3.85. The minimum Gasteiger partial charge on any atom is -0.382 e. The van der Waals surface area contributed by atoms with Gasteiger partial charge in [0, 0.05) is 0 Å². The van der Waals surface area contributed by atoms with Crippen molar-refractivity contribution < 1.29 is 0 Å². The first-order chi connectivity index (χ1) is 6.20. The number of nitrogens with one attached hydrogen (secondary N) is 1. The largest absolute Gasteiger partial charge is 0.382 e. The molecule has 0 unspecified atom stereocenters. The summed E-state index contributed by atoms with van der Waals surface area (Å²) >= 11 is 0. The molecule has 2 rings (SSSR count). The number of hydrogen-bond donors (Lipinski definition) is 2. The Kier molecular flexibility index (Phi) is 1.51. The molecule has 66 valence electrons. The number of aryl methyl sites for hydroxylation is 1. The van der Waals surface area contributed by atoms with E-state index in [0.29, 0.717) is 11.3 Å². The fraction of sp³-hybridized carbons (Fsp3) is 0.125. The third-order valence-corrected chi connectivity index (χ3v) is 1.87. The average molecular weight is 175 g/mol. The molecular formula is C8H9N5. The van der Waals surface area contributed by atoms with Crippen LogP contribution in [0.15, 0.2) is 18.2 Å². The molecular weight excluding hydrogens is 166 g/mol. The molecule has 0 aliphatic heterocycles. The van der Waals surface area contributed by atoms with E-state index >= 15 is 0 Å². The molecule has 5 heteroatoms. The SMILES string of the molecule is Cc1nnc2cccc(C(=N)N)n12. The number of rotatable bonds is 1. The van der Waals surface area contributed by atoms with Gasteiger partial charge in [0.2, 0.25) is 0 Å². The summed E-state index contributed by atoms with van der Waals surface area (Å²) in [6, 6.07) is 5.40. The zero-order chi connectivity index (χ0) is 9.42. The molecule has 0 amide bonds. The van der Waals surface area contributed by atoms with Crippen LogP contribution in [-0.2, 0) is 0 Å². The number of nitrogens with zero attached hydrogens (tertiary/aromatic N) is 3. The lowest BCUT2D eigenvalue weighted by molar-refractivity contribution is 0.997. The van der Waals surface area contributed by atoms with Crippen molar-refractivity contribution in [2.24, 2.45) is 5.73 Å². The molecule has 0 saturated carbocycles. The summed E-state index contributed by atoms with van der Waals surface area (Å²) < 4.78 is 1.75. The second kappa shape index (κ2) is 2.55. The molecule has 3 N–H and O–H groups in total. The maximum absolute atomic E-state index is 7.35. The van der Waals surface area contributed by atoms with E-state index in [9.17, 15) is 0 Å². The Bertz CT molecular complexity index is 470. The van der Waals surface area contributed by atoms with E-state index in [1.54, 1.807) is 16.5 Å². The normalized spacial score (nSPS) is 10.5. The van der Waals surface area contributed by atoms with Gasteiger partial charge < -0.3 is 5.73 Å². The summed E-state index contributed by atoms with van der Waals surface area (Å²) in [5, 5.41) is 15.2. The highest BCUT2D eigenvalue weighted by molar-refractivity contribution is 5.93. The van der Waals surface area contributed by atoms with Crippen molar-refractivity contribution in [1.29, 1.82) is 5.41 Å². The second-order valence-corrected chi connectivity index (χ2v) is 2.77. The summed E-state index contributed by atoms with van der Waals surface area (Å²) in [5.74, 6) is 0.759. The monoisotopic (exact) mass is 175 g/mol. The van der Waals surface area contributed by atoms with Crippen LogP contribution in [0.1, 0.15) is 11.5 Å². The Morgan fingerprint density at radius 2 is 2.23 bits per heavy atom. The molecule has 0 radical (unpaired) electrons. The predicted octanol–water partition coefficient (Wildman–Crippen LogP) is 0.322. The van der Waals surface area contributed by atoms with Gasteiger partial charge in [0.05, 0.1) is 5.69 Å². The summed E-state index contributed by atoms with van der Waals surface area (Å²) in [6.45, 7) is 1.83. The highest BCUT2D eigenvalue weighted by atomic mass is 15.2. The van der Waals surface area contributed by atoms with E-state index < -0.39 is 0 Å². The third-order valence-electron chi connectivity index (χ3n) is 1.87. The standard InChI is InChI=1S/C8H9N5/c1-5-11-12-7-4-2-3-6(8(9)10)13(5)7/h2-4H,1H3,(H3,9,10). The molecule has 0 aliphatic rings. The van der Waals surface area contributed by atoms with Crippen molar-refractivity contribution in [3.63, 3.8) is 0 Å². The average Bonchev–Trinajstić information content (AvgIpc) is 2.48. The van der Waals surface area contributed by atoms with E-state index in [4.69, 9.17) is 11.1 Å². The van der Waals surface area contributed by atoms with Crippen molar-refractivity contribution in [2.75, 3.05) is 0 Å². The second-order valence-electron chi connectivity index (χ2n) is 2.77. The number of aromatic nitrogens is 3. The van der Waals surface area contributed by atoms with Crippen molar-refractivity contribution >= 4 is 11.5 Å². The van der Waals surface area contributed by atoms with Crippen LogP contribution in [-0.4, -0.2) is 20.4 Å². The van der Waals surface area contributed by atoms with E-state index in [1.807, 2.05) is 13.0 Å². The Balaban J connectivity index is 2.88. The number of hydrogen-bond acceptors (Lipinski definition) is 3. The number of nitrogens with two attached hydrogens (primary N) is 1. The minimum atomic E-state index is 0.0218. The van der Waals surface area contributed by atoms with Gasteiger partial charge in [-0.05, 0) is 19.1 Å². The number of pyridine rings is 1. The minimum absolute atomic E-state index is 0.0218. The molecule has 2 aromatic heterocycles. The van der Waals surface area contributed by atoms with Gasteiger partial charge in [-0.1, -0.05) is 6.07 Å². The molecule has 2 heterocycles. The van der Waals surface area contributed by atoms with Gasteiger partial charge >= 0.3 is 0 Å². The highest BCUT2D eigenvalue weighted by Gasteiger charge is 2.06. The quantitative estimate of drug-likeness (QED) is 0.484. The lowest BCUT2D eigenvalue weighted by Crippen LogP contribution is -2.15. The van der Waals surface area contributed by atoms with Gasteiger partial charge in [-0.2, -0.15) is 0 Å². The highest BCUT2D eigenvalue weighted by Crippen LogP contribution is 2.06. The van der Waals surface area contributed by atoms with Crippen LogP contribution in [0.2, 0.25) is 0 Å². The van der Waals surface area contributed by atoms with Crippen LogP contribution < -0.4 is 5.73 Å². The van der Waals surface area contributed by atoms with Crippen LogP contribution in [0.5, 0.6) is 0 Å². The van der Waals surface area contributed by atoms with Gasteiger partial charge in [-0.15, -0.1) is 10.2 Å². The first-order valence-corrected chi connectivity index (χ1v) is 3.85. The third kappa shape index (κ3) is 1.05. The fourth-order valence-corrected chi connectivity index (χ4v) is 1.29. The van der Waals surface area contributed by atoms with Crippen LogP contribution >= 0.6 is 0 Å². The van der Waals surface area contributed by atoms with Gasteiger partial charge in [0.1, 0.15) is 11.7 Å². The number of amidine groups is 1. The van der Waals surface area contributed by atoms with E-state index in [-0.39, 0.29) is 5.84 Å². The van der Waals surface area contributed by atoms with Gasteiger partial charge in [0.25, 0.3) is 0 Å². The molecule has 0 aliphatic carbocycles. The molecule has 0 bridgehead atoms. The number of fused-ring (bicyclic) bond motifs is 1. The Morgan fingerprint density at radius 3 is 2.92 bits per heavy atom. The van der Waals surface area contributed by atoms with Gasteiger partial charge in [-0.25, -0.2) is 0 Å². The van der Waals surface area contributed by atoms with Crippen molar-refractivity contribution in [2.45, 2.75) is 6.92 Å². The van der Waals surface area contributed by atoms with E-state index in [1.165, 1.54) is 0 Å². The molecule has 0 spiro atoms. The maximum atomic E-state index is 7.35. The molecule has 0 atom stereocenters. The molecule has 13 heavy (non-hydrogen) atoms. The van der Waals surface area contributed by atoms with Crippen LogP contribution in [0.3, 0.4) is 0 Å². The van der Waals surface area contributed by atoms with Crippen molar-refractivity contribution in [1.82, 2.24) is 14.6 Å². The zero-order valence-electron chi connectivity index (χ0n) is 7.15. The lowest BCUT2D eigenvalue weighted by atomic mass is 10.3. The topological polar surface area (TPSA) is 80.1 Å².